The molecule has 1 heterocycles. The van der Waals surface area contributed by atoms with Gasteiger partial charge in [0.1, 0.15) is 6.54 Å². The quantitative estimate of drug-likeness (QED) is 0.831. The van der Waals surface area contributed by atoms with Crippen molar-refractivity contribution in [2.75, 3.05) is 44.1 Å². The number of urea groups is 1. The standard InChI is InChI=1S/C20H20N4O4/c1-27-17-7-6-16(11-18(17)28-2)24-9-8-23(20(24)26)13-19(25)22-15-5-3-4-14(10-15)12-21/h3-7,10-11H,8-9,13H2,1-2H3,(H,22,25). The third-order valence-electron chi connectivity index (χ3n) is 4.38. The lowest BCUT2D eigenvalue weighted by Gasteiger charge is -2.19. The molecule has 1 saturated heterocycles. The van der Waals surface area contributed by atoms with Crippen LogP contribution in [-0.2, 0) is 4.79 Å². The van der Waals surface area contributed by atoms with Crippen molar-refractivity contribution in [1.29, 1.82) is 5.26 Å². The van der Waals surface area contributed by atoms with E-state index in [2.05, 4.69) is 5.32 Å². The zero-order chi connectivity index (χ0) is 20.1. The number of benzene rings is 2. The third kappa shape index (κ3) is 3.99. The fourth-order valence-electron chi connectivity index (χ4n) is 3.00. The van der Waals surface area contributed by atoms with Crippen LogP contribution in [0.25, 0.3) is 0 Å². The summed E-state index contributed by atoms with van der Waals surface area (Å²) in [6.07, 6.45) is 0. The molecule has 8 heteroatoms. The molecule has 1 N–H and O–H groups in total. The minimum absolute atomic E-state index is 0.0700. The first-order valence-corrected chi connectivity index (χ1v) is 8.64. The summed E-state index contributed by atoms with van der Waals surface area (Å²) in [6, 6.07) is 13.6. The zero-order valence-corrected chi connectivity index (χ0v) is 15.6. The maximum absolute atomic E-state index is 12.7. The number of methoxy groups -OCH3 is 2. The summed E-state index contributed by atoms with van der Waals surface area (Å²) >= 11 is 0. The lowest BCUT2D eigenvalue weighted by atomic mass is 10.2. The summed E-state index contributed by atoms with van der Waals surface area (Å²) in [7, 11) is 3.08. The molecule has 0 bridgehead atoms. The number of nitrogens with one attached hydrogen (secondary N) is 1. The summed E-state index contributed by atoms with van der Waals surface area (Å²) in [6.45, 7) is 0.823. The molecule has 0 unspecified atom stereocenters. The summed E-state index contributed by atoms with van der Waals surface area (Å²) in [5.74, 6) is 0.785. The highest BCUT2D eigenvalue weighted by atomic mass is 16.5. The topological polar surface area (TPSA) is 94.9 Å². The molecule has 0 aliphatic carbocycles. The Labute approximate surface area is 162 Å². The van der Waals surface area contributed by atoms with E-state index in [1.165, 1.54) is 12.0 Å². The number of hydrogen-bond donors (Lipinski definition) is 1. The predicted molar refractivity (Wildman–Crippen MR) is 104 cm³/mol. The predicted octanol–water partition coefficient (Wildman–Crippen LogP) is 2.46. The van der Waals surface area contributed by atoms with Gasteiger partial charge in [0.15, 0.2) is 11.5 Å². The highest BCUT2D eigenvalue weighted by Crippen LogP contribution is 2.32. The molecule has 28 heavy (non-hydrogen) atoms. The summed E-state index contributed by atoms with van der Waals surface area (Å²) in [5.41, 5.74) is 1.65. The Morgan fingerprint density at radius 2 is 1.93 bits per heavy atom. The number of carbonyl (C=O) groups is 2. The van der Waals surface area contributed by atoms with Gasteiger partial charge in [0, 0.05) is 30.5 Å². The van der Waals surface area contributed by atoms with Crippen LogP contribution in [0.3, 0.4) is 0 Å². The van der Waals surface area contributed by atoms with Gasteiger partial charge in [0.25, 0.3) is 0 Å². The maximum atomic E-state index is 12.7. The molecule has 8 nitrogen and oxygen atoms in total. The molecule has 0 radical (unpaired) electrons. The molecule has 2 aromatic carbocycles. The first kappa shape index (κ1) is 19.0. The molecule has 2 aromatic rings. The van der Waals surface area contributed by atoms with Crippen molar-refractivity contribution < 1.29 is 19.1 Å². The average molecular weight is 380 g/mol. The van der Waals surface area contributed by atoms with E-state index < -0.39 is 0 Å². The van der Waals surface area contributed by atoms with Gasteiger partial charge in [-0.3, -0.25) is 9.69 Å². The second kappa shape index (κ2) is 8.31. The monoisotopic (exact) mass is 380 g/mol. The van der Waals surface area contributed by atoms with E-state index in [1.54, 1.807) is 54.5 Å². The van der Waals surface area contributed by atoms with Gasteiger partial charge in [-0.1, -0.05) is 6.07 Å². The van der Waals surface area contributed by atoms with Gasteiger partial charge in [-0.15, -0.1) is 0 Å². The van der Waals surface area contributed by atoms with E-state index in [1.807, 2.05) is 6.07 Å². The van der Waals surface area contributed by atoms with E-state index in [-0.39, 0.29) is 18.5 Å². The number of ether oxygens (including phenoxy) is 2. The minimum atomic E-state index is -0.322. The number of hydrogen-bond acceptors (Lipinski definition) is 5. The Morgan fingerprint density at radius 1 is 1.14 bits per heavy atom. The molecule has 0 atom stereocenters. The molecule has 3 amide bonds. The lowest BCUT2D eigenvalue weighted by molar-refractivity contribution is -0.116. The highest BCUT2D eigenvalue weighted by molar-refractivity contribution is 5.99. The van der Waals surface area contributed by atoms with Gasteiger partial charge in [-0.2, -0.15) is 5.26 Å². The van der Waals surface area contributed by atoms with Crippen LogP contribution < -0.4 is 19.7 Å². The van der Waals surface area contributed by atoms with Gasteiger partial charge in [-0.05, 0) is 30.3 Å². The highest BCUT2D eigenvalue weighted by Gasteiger charge is 2.31. The minimum Gasteiger partial charge on any atom is -0.493 e. The Morgan fingerprint density at radius 3 is 2.64 bits per heavy atom. The van der Waals surface area contributed by atoms with Crippen molar-refractivity contribution >= 4 is 23.3 Å². The number of nitriles is 1. The zero-order valence-electron chi connectivity index (χ0n) is 15.6. The third-order valence-corrected chi connectivity index (χ3v) is 4.38. The Hall–Kier alpha value is -3.73. The van der Waals surface area contributed by atoms with Gasteiger partial charge in [0.05, 0.1) is 25.9 Å². The smallest absolute Gasteiger partial charge is 0.325 e. The van der Waals surface area contributed by atoms with Crippen molar-refractivity contribution in [2.24, 2.45) is 0 Å². The van der Waals surface area contributed by atoms with Crippen LogP contribution in [0.4, 0.5) is 16.2 Å². The first-order chi connectivity index (χ1) is 13.5. The van der Waals surface area contributed by atoms with Crippen molar-refractivity contribution in [2.45, 2.75) is 0 Å². The van der Waals surface area contributed by atoms with Crippen molar-refractivity contribution in [3.8, 4) is 17.6 Å². The fraction of sp³-hybridized carbons (Fsp3) is 0.250. The van der Waals surface area contributed by atoms with Crippen molar-refractivity contribution in [1.82, 2.24) is 4.90 Å². The molecule has 3 rings (SSSR count). The number of amides is 3. The van der Waals surface area contributed by atoms with Crippen LogP contribution in [0.15, 0.2) is 42.5 Å². The largest absolute Gasteiger partial charge is 0.493 e. The lowest BCUT2D eigenvalue weighted by Crippen LogP contribution is -2.37. The Kier molecular flexibility index (Phi) is 5.65. The van der Waals surface area contributed by atoms with Crippen LogP contribution in [0, 0.1) is 11.3 Å². The van der Waals surface area contributed by atoms with Crippen LogP contribution in [0.2, 0.25) is 0 Å². The maximum Gasteiger partial charge on any atom is 0.325 e. The van der Waals surface area contributed by atoms with Crippen LogP contribution >= 0.6 is 0 Å². The molecule has 0 aromatic heterocycles. The van der Waals surface area contributed by atoms with Crippen LogP contribution in [0.1, 0.15) is 5.56 Å². The average Bonchev–Trinajstić information content (AvgIpc) is 3.07. The summed E-state index contributed by atoms with van der Waals surface area (Å²) in [4.78, 5) is 28.1. The van der Waals surface area contributed by atoms with E-state index in [9.17, 15) is 9.59 Å². The second-order valence-electron chi connectivity index (χ2n) is 6.14. The Bertz CT molecular complexity index is 938. The molecular formula is C20H20N4O4. The molecular weight excluding hydrogens is 360 g/mol. The van der Waals surface area contributed by atoms with Crippen LogP contribution in [-0.4, -0.2) is 50.7 Å². The van der Waals surface area contributed by atoms with Crippen LogP contribution in [0.5, 0.6) is 11.5 Å². The van der Waals surface area contributed by atoms with Gasteiger partial charge >= 0.3 is 6.03 Å². The normalized spacial score (nSPS) is 13.2. The molecule has 0 saturated carbocycles. The van der Waals surface area contributed by atoms with Gasteiger partial charge in [-0.25, -0.2) is 4.79 Å². The molecule has 1 fully saturated rings. The molecule has 1 aliphatic rings. The number of rotatable bonds is 6. The number of nitrogens with zero attached hydrogens (tertiary/aromatic N) is 3. The van der Waals surface area contributed by atoms with E-state index >= 15 is 0 Å². The fourth-order valence-corrected chi connectivity index (χ4v) is 3.00. The molecule has 144 valence electrons. The Balaban J connectivity index is 1.65. The van der Waals surface area contributed by atoms with Crippen molar-refractivity contribution in [3.05, 3.63) is 48.0 Å². The summed E-state index contributed by atoms with van der Waals surface area (Å²) in [5, 5.41) is 11.6. The van der Waals surface area contributed by atoms with Gasteiger partial charge < -0.3 is 19.7 Å². The van der Waals surface area contributed by atoms with Gasteiger partial charge in [0.2, 0.25) is 5.91 Å². The first-order valence-electron chi connectivity index (χ1n) is 8.64. The van der Waals surface area contributed by atoms with E-state index in [4.69, 9.17) is 14.7 Å². The van der Waals surface area contributed by atoms with E-state index in [0.717, 1.165) is 0 Å². The second-order valence-corrected chi connectivity index (χ2v) is 6.14. The number of anilines is 2. The SMILES string of the molecule is COc1ccc(N2CCN(CC(=O)Nc3cccc(C#N)c3)C2=O)cc1OC. The molecule has 1 aliphatic heterocycles. The van der Waals surface area contributed by atoms with E-state index in [0.29, 0.717) is 41.5 Å². The summed E-state index contributed by atoms with van der Waals surface area (Å²) < 4.78 is 10.5. The van der Waals surface area contributed by atoms with Crippen molar-refractivity contribution in [3.63, 3.8) is 0 Å². The number of carbonyl (C=O) groups excluding carboxylic acids is 2. The molecule has 0 spiro atoms.